The van der Waals surface area contributed by atoms with Gasteiger partial charge >= 0.3 is 0 Å². The SMILES string of the molecule is CC.Cc1cc(C)c2c(c1)N(C)CCC2. The number of fused-ring (bicyclic) bond motifs is 1. The number of hydrogen-bond acceptors (Lipinski definition) is 1. The van der Waals surface area contributed by atoms with Gasteiger partial charge in [0.15, 0.2) is 0 Å². The smallest absolute Gasteiger partial charge is 0.0401 e. The van der Waals surface area contributed by atoms with E-state index in [-0.39, 0.29) is 0 Å². The molecule has 0 fully saturated rings. The number of hydrogen-bond donors (Lipinski definition) is 0. The predicted octanol–water partition coefficient (Wildman–Crippen LogP) is 3.71. The average molecular weight is 205 g/mol. The molecule has 1 aliphatic rings. The highest BCUT2D eigenvalue weighted by Gasteiger charge is 2.15. The van der Waals surface area contributed by atoms with Crippen molar-refractivity contribution in [3.63, 3.8) is 0 Å². The molecule has 1 aromatic rings. The Morgan fingerprint density at radius 3 is 2.47 bits per heavy atom. The maximum atomic E-state index is 2.37. The van der Waals surface area contributed by atoms with E-state index < -0.39 is 0 Å². The third-order valence-electron chi connectivity index (χ3n) is 2.93. The van der Waals surface area contributed by atoms with Gasteiger partial charge in [-0.05, 0) is 49.4 Å². The van der Waals surface area contributed by atoms with Crippen LogP contribution in [0.5, 0.6) is 0 Å². The standard InChI is InChI=1S/C12H17N.C2H6/c1-9-7-10(2)11-5-4-6-13(3)12(11)8-9;1-2/h7-8H,4-6H2,1-3H3;1-2H3. The lowest BCUT2D eigenvalue weighted by Crippen LogP contribution is -2.25. The van der Waals surface area contributed by atoms with Crippen LogP contribution in [0.3, 0.4) is 0 Å². The summed E-state index contributed by atoms with van der Waals surface area (Å²) in [6.45, 7) is 9.61. The van der Waals surface area contributed by atoms with Crippen molar-refractivity contribution in [3.8, 4) is 0 Å². The first-order valence-electron chi connectivity index (χ1n) is 6.00. The van der Waals surface area contributed by atoms with Crippen LogP contribution in [-0.2, 0) is 6.42 Å². The Kier molecular flexibility index (Phi) is 4.19. The minimum atomic E-state index is 1.20. The van der Waals surface area contributed by atoms with Gasteiger partial charge in [-0.3, -0.25) is 0 Å². The van der Waals surface area contributed by atoms with E-state index in [1.54, 1.807) is 5.56 Å². The van der Waals surface area contributed by atoms with Gasteiger partial charge in [0.05, 0.1) is 0 Å². The molecule has 1 aromatic carbocycles. The zero-order chi connectivity index (χ0) is 11.4. The van der Waals surface area contributed by atoms with Gasteiger partial charge in [0.25, 0.3) is 0 Å². The van der Waals surface area contributed by atoms with Gasteiger partial charge in [-0.1, -0.05) is 19.9 Å². The van der Waals surface area contributed by atoms with E-state index in [4.69, 9.17) is 0 Å². The first-order valence-corrected chi connectivity index (χ1v) is 6.00. The van der Waals surface area contributed by atoms with Crippen LogP contribution in [0.1, 0.15) is 37.0 Å². The molecule has 0 unspecified atom stereocenters. The number of rotatable bonds is 0. The van der Waals surface area contributed by atoms with Gasteiger partial charge < -0.3 is 4.90 Å². The molecule has 0 radical (unpaired) electrons. The second kappa shape index (κ2) is 5.20. The molecule has 0 saturated carbocycles. The van der Waals surface area contributed by atoms with Crippen molar-refractivity contribution in [2.75, 3.05) is 18.5 Å². The molecule has 0 N–H and O–H groups in total. The summed E-state index contributed by atoms with van der Waals surface area (Å²) in [5.41, 5.74) is 5.84. The van der Waals surface area contributed by atoms with Crippen LogP contribution >= 0.6 is 0 Å². The van der Waals surface area contributed by atoms with Crippen molar-refractivity contribution in [1.82, 2.24) is 0 Å². The van der Waals surface area contributed by atoms with Crippen LogP contribution < -0.4 is 4.90 Å². The number of benzene rings is 1. The Balaban J connectivity index is 0.000000531. The highest BCUT2D eigenvalue weighted by atomic mass is 15.1. The van der Waals surface area contributed by atoms with Crippen LogP contribution in [-0.4, -0.2) is 13.6 Å². The molecule has 1 heterocycles. The van der Waals surface area contributed by atoms with Crippen molar-refractivity contribution in [2.24, 2.45) is 0 Å². The Morgan fingerprint density at radius 1 is 1.13 bits per heavy atom. The highest BCUT2D eigenvalue weighted by molar-refractivity contribution is 5.59. The molecule has 0 bridgehead atoms. The van der Waals surface area contributed by atoms with Crippen molar-refractivity contribution in [2.45, 2.75) is 40.5 Å². The van der Waals surface area contributed by atoms with Crippen LogP contribution in [0.25, 0.3) is 0 Å². The van der Waals surface area contributed by atoms with Gasteiger partial charge in [-0.15, -0.1) is 0 Å². The fourth-order valence-corrected chi connectivity index (χ4v) is 2.25. The minimum absolute atomic E-state index is 1.20. The first kappa shape index (κ1) is 12.1. The normalized spacial score (nSPS) is 14.1. The molecule has 0 aromatic heterocycles. The van der Waals surface area contributed by atoms with Crippen LogP contribution in [0.2, 0.25) is 0 Å². The van der Waals surface area contributed by atoms with Crippen LogP contribution in [0, 0.1) is 13.8 Å². The Bertz CT molecular complexity index is 328. The van der Waals surface area contributed by atoms with E-state index in [1.165, 1.54) is 36.2 Å². The summed E-state index contributed by atoms with van der Waals surface area (Å²) < 4.78 is 0. The van der Waals surface area contributed by atoms with Gasteiger partial charge in [0, 0.05) is 19.3 Å². The lowest BCUT2D eigenvalue weighted by Gasteiger charge is -2.29. The molecule has 2 rings (SSSR count). The molecule has 84 valence electrons. The van der Waals surface area contributed by atoms with Crippen LogP contribution in [0.15, 0.2) is 12.1 Å². The monoisotopic (exact) mass is 205 g/mol. The van der Waals surface area contributed by atoms with Crippen LogP contribution in [0.4, 0.5) is 5.69 Å². The van der Waals surface area contributed by atoms with E-state index in [0.717, 1.165) is 0 Å². The van der Waals surface area contributed by atoms with Crippen molar-refractivity contribution >= 4 is 5.69 Å². The molecule has 15 heavy (non-hydrogen) atoms. The quantitative estimate of drug-likeness (QED) is 0.624. The van der Waals surface area contributed by atoms with Gasteiger partial charge in [0.1, 0.15) is 0 Å². The molecule has 1 aliphatic heterocycles. The lowest BCUT2D eigenvalue weighted by atomic mass is 9.95. The molecular weight excluding hydrogens is 182 g/mol. The predicted molar refractivity (Wildman–Crippen MR) is 68.9 cm³/mol. The van der Waals surface area contributed by atoms with E-state index >= 15 is 0 Å². The Hall–Kier alpha value is -0.980. The topological polar surface area (TPSA) is 3.24 Å². The van der Waals surface area contributed by atoms with E-state index in [0.29, 0.717) is 0 Å². The third-order valence-corrected chi connectivity index (χ3v) is 2.93. The Morgan fingerprint density at radius 2 is 1.80 bits per heavy atom. The zero-order valence-corrected chi connectivity index (χ0v) is 10.7. The lowest BCUT2D eigenvalue weighted by molar-refractivity contribution is 0.740. The molecule has 0 aliphatic carbocycles. The molecule has 1 nitrogen and oxygen atoms in total. The van der Waals surface area contributed by atoms with E-state index in [2.05, 4.69) is 37.9 Å². The van der Waals surface area contributed by atoms with Gasteiger partial charge in [0.2, 0.25) is 0 Å². The molecular formula is C14H23N. The molecule has 0 saturated heterocycles. The second-order valence-electron chi connectivity index (χ2n) is 4.10. The Labute approximate surface area is 94.1 Å². The van der Waals surface area contributed by atoms with Gasteiger partial charge in [-0.2, -0.15) is 0 Å². The van der Waals surface area contributed by atoms with Gasteiger partial charge in [-0.25, -0.2) is 0 Å². The average Bonchev–Trinajstić information content (AvgIpc) is 2.23. The second-order valence-corrected chi connectivity index (χ2v) is 4.10. The molecule has 0 spiro atoms. The maximum Gasteiger partial charge on any atom is 0.0401 e. The summed E-state index contributed by atoms with van der Waals surface area (Å²) >= 11 is 0. The number of nitrogens with zero attached hydrogens (tertiary/aromatic N) is 1. The minimum Gasteiger partial charge on any atom is -0.374 e. The van der Waals surface area contributed by atoms with E-state index in [1.807, 2.05) is 13.8 Å². The highest BCUT2D eigenvalue weighted by Crippen LogP contribution is 2.29. The van der Waals surface area contributed by atoms with Crippen molar-refractivity contribution in [3.05, 3.63) is 28.8 Å². The summed E-state index contributed by atoms with van der Waals surface area (Å²) in [6, 6.07) is 4.60. The maximum absolute atomic E-state index is 2.37. The number of aryl methyl sites for hydroxylation is 2. The zero-order valence-electron chi connectivity index (χ0n) is 10.7. The number of anilines is 1. The largest absolute Gasteiger partial charge is 0.374 e. The first-order chi connectivity index (χ1) is 7.18. The summed E-state index contributed by atoms with van der Waals surface area (Å²) in [4.78, 5) is 2.37. The summed E-state index contributed by atoms with van der Waals surface area (Å²) in [5, 5.41) is 0. The van der Waals surface area contributed by atoms with Crippen molar-refractivity contribution in [1.29, 1.82) is 0 Å². The third kappa shape index (κ3) is 2.53. The summed E-state index contributed by atoms with van der Waals surface area (Å²) in [6.07, 6.45) is 2.55. The van der Waals surface area contributed by atoms with E-state index in [9.17, 15) is 0 Å². The molecule has 0 amide bonds. The fourth-order valence-electron chi connectivity index (χ4n) is 2.25. The fraction of sp³-hybridized carbons (Fsp3) is 0.571. The summed E-state index contributed by atoms with van der Waals surface area (Å²) in [5.74, 6) is 0. The van der Waals surface area contributed by atoms with Crippen molar-refractivity contribution < 1.29 is 0 Å². The molecule has 0 atom stereocenters. The molecule has 1 heteroatoms. The summed E-state index contributed by atoms with van der Waals surface area (Å²) in [7, 11) is 2.19.